The van der Waals surface area contributed by atoms with Crippen LogP contribution in [0.2, 0.25) is 0 Å². The predicted octanol–water partition coefficient (Wildman–Crippen LogP) is 5.16. The smallest absolute Gasteiger partial charge is 0.0150 e. The van der Waals surface area contributed by atoms with Gasteiger partial charge in [0.15, 0.2) is 0 Å². The average molecular weight is 252 g/mol. The molecule has 0 spiro atoms. The molecule has 0 amide bonds. The van der Waals surface area contributed by atoms with Gasteiger partial charge in [0.2, 0.25) is 0 Å². The topological polar surface area (TPSA) is 0 Å². The monoisotopic (exact) mass is 252 g/mol. The van der Waals surface area contributed by atoms with Gasteiger partial charge in [0.1, 0.15) is 0 Å². The summed E-state index contributed by atoms with van der Waals surface area (Å²) in [6.07, 6.45) is 3.38. The molecule has 2 aromatic carbocycles. The molecule has 19 heavy (non-hydrogen) atoms. The molecule has 0 aliphatic heterocycles. The molecule has 0 heterocycles. The van der Waals surface area contributed by atoms with Gasteiger partial charge in [-0.1, -0.05) is 69.3 Å². The second kappa shape index (κ2) is 6.56. The Hall–Kier alpha value is -1.56. The van der Waals surface area contributed by atoms with Gasteiger partial charge in [-0.15, -0.1) is 0 Å². The number of benzene rings is 2. The minimum Gasteiger partial charge on any atom is -0.0620 e. The maximum absolute atomic E-state index is 2.33. The van der Waals surface area contributed by atoms with Crippen molar-refractivity contribution in [1.82, 2.24) is 0 Å². The van der Waals surface area contributed by atoms with Crippen molar-refractivity contribution in [1.29, 1.82) is 0 Å². The van der Waals surface area contributed by atoms with E-state index in [0.29, 0.717) is 5.92 Å². The molecule has 0 aliphatic carbocycles. The third-order valence-corrected chi connectivity index (χ3v) is 3.98. The van der Waals surface area contributed by atoms with Crippen molar-refractivity contribution in [2.45, 2.75) is 46.0 Å². The summed E-state index contributed by atoms with van der Waals surface area (Å²) in [5.41, 5.74) is 5.85. The molecule has 0 bridgehead atoms. The van der Waals surface area contributed by atoms with Crippen LogP contribution in [0.3, 0.4) is 0 Å². The summed E-state index contributed by atoms with van der Waals surface area (Å²) >= 11 is 0. The van der Waals surface area contributed by atoms with E-state index in [4.69, 9.17) is 0 Å². The third kappa shape index (κ3) is 3.47. The van der Waals surface area contributed by atoms with Gasteiger partial charge < -0.3 is 0 Å². The van der Waals surface area contributed by atoms with Crippen molar-refractivity contribution in [3.63, 3.8) is 0 Å². The van der Waals surface area contributed by atoms with E-state index in [9.17, 15) is 0 Å². The van der Waals surface area contributed by atoms with Gasteiger partial charge in [0, 0.05) is 0 Å². The molecular formula is C19H24. The summed E-state index contributed by atoms with van der Waals surface area (Å²) in [5.74, 6) is 0.582. The van der Waals surface area contributed by atoms with Crippen molar-refractivity contribution in [3.05, 3.63) is 70.8 Å². The van der Waals surface area contributed by atoms with E-state index in [1.165, 1.54) is 22.3 Å². The molecule has 100 valence electrons. The zero-order chi connectivity index (χ0) is 13.7. The summed E-state index contributed by atoms with van der Waals surface area (Å²) in [4.78, 5) is 0. The number of hydrogen-bond acceptors (Lipinski definition) is 0. The molecule has 1 atom stereocenters. The number of hydrogen-bond donors (Lipinski definition) is 0. The average Bonchev–Trinajstić information content (AvgIpc) is 2.48. The Kier molecular flexibility index (Phi) is 4.79. The van der Waals surface area contributed by atoms with Crippen LogP contribution in [0.5, 0.6) is 0 Å². The molecule has 0 heteroatoms. The van der Waals surface area contributed by atoms with Gasteiger partial charge >= 0.3 is 0 Å². The first-order valence-corrected chi connectivity index (χ1v) is 7.40. The van der Waals surface area contributed by atoms with E-state index < -0.39 is 0 Å². The molecule has 2 aromatic rings. The zero-order valence-corrected chi connectivity index (χ0v) is 12.3. The van der Waals surface area contributed by atoms with E-state index in [-0.39, 0.29) is 0 Å². The molecule has 0 fully saturated rings. The summed E-state index contributed by atoms with van der Waals surface area (Å²) in [7, 11) is 0. The molecular weight excluding hydrogens is 228 g/mol. The van der Waals surface area contributed by atoms with Crippen molar-refractivity contribution >= 4 is 0 Å². The van der Waals surface area contributed by atoms with Crippen LogP contribution in [-0.4, -0.2) is 0 Å². The second-order valence-electron chi connectivity index (χ2n) is 5.32. The van der Waals surface area contributed by atoms with Crippen LogP contribution in [0, 0.1) is 0 Å². The van der Waals surface area contributed by atoms with Gasteiger partial charge in [-0.3, -0.25) is 0 Å². The molecule has 0 N–H and O–H groups in total. The number of aryl methyl sites for hydroxylation is 2. The first-order valence-electron chi connectivity index (χ1n) is 7.40. The summed E-state index contributed by atoms with van der Waals surface area (Å²) in [6, 6.07) is 17.9. The Morgan fingerprint density at radius 2 is 1.42 bits per heavy atom. The summed E-state index contributed by atoms with van der Waals surface area (Å²) in [6.45, 7) is 6.77. The summed E-state index contributed by atoms with van der Waals surface area (Å²) < 4.78 is 0. The first kappa shape index (κ1) is 13.9. The highest BCUT2D eigenvalue weighted by molar-refractivity contribution is 5.31. The first-order chi connectivity index (χ1) is 9.24. The van der Waals surface area contributed by atoms with Gasteiger partial charge in [-0.25, -0.2) is 0 Å². The Morgan fingerprint density at radius 1 is 0.789 bits per heavy atom. The van der Waals surface area contributed by atoms with Crippen LogP contribution in [-0.2, 0) is 19.3 Å². The van der Waals surface area contributed by atoms with Gasteiger partial charge in [-0.05, 0) is 47.4 Å². The zero-order valence-electron chi connectivity index (χ0n) is 12.3. The van der Waals surface area contributed by atoms with Crippen LogP contribution in [0.4, 0.5) is 0 Å². The Labute approximate surface area is 117 Å². The van der Waals surface area contributed by atoms with Crippen molar-refractivity contribution in [2.24, 2.45) is 0 Å². The molecule has 0 nitrogen and oxygen atoms in total. The van der Waals surface area contributed by atoms with Crippen molar-refractivity contribution in [2.75, 3.05) is 0 Å². The second-order valence-corrected chi connectivity index (χ2v) is 5.32. The minimum absolute atomic E-state index is 0.582. The lowest BCUT2D eigenvalue weighted by atomic mass is 9.90. The molecule has 2 rings (SSSR count). The van der Waals surface area contributed by atoms with Crippen LogP contribution in [0.25, 0.3) is 0 Å². The van der Waals surface area contributed by atoms with Gasteiger partial charge in [0.25, 0.3) is 0 Å². The van der Waals surface area contributed by atoms with E-state index in [1.807, 2.05) is 0 Å². The third-order valence-electron chi connectivity index (χ3n) is 3.98. The summed E-state index contributed by atoms with van der Waals surface area (Å²) in [5, 5.41) is 0. The van der Waals surface area contributed by atoms with Crippen molar-refractivity contribution in [3.8, 4) is 0 Å². The molecule has 1 unspecified atom stereocenters. The Morgan fingerprint density at radius 3 is 2.00 bits per heavy atom. The number of rotatable bonds is 5. The molecule has 0 saturated carbocycles. The molecule has 0 aliphatic rings. The molecule has 0 radical (unpaired) electrons. The van der Waals surface area contributed by atoms with E-state index in [1.54, 1.807) is 0 Å². The standard InChI is InChI=1S/C19H24/c1-4-16-10-12-18(13-11-16)15(3)14-19-9-7-6-8-17(19)5-2/h6-13,15H,4-5,14H2,1-3H3. The Bertz CT molecular complexity index is 508. The van der Waals surface area contributed by atoms with Crippen LogP contribution in [0.1, 0.15) is 48.9 Å². The maximum Gasteiger partial charge on any atom is -0.0150 e. The lowest BCUT2D eigenvalue weighted by Crippen LogP contribution is -2.01. The normalized spacial score (nSPS) is 12.4. The fourth-order valence-corrected chi connectivity index (χ4v) is 2.63. The molecule has 0 aromatic heterocycles. The highest BCUT2D eigenvalue weighted by Crippen LogP contribution is 2.23. The van der Waals surface area contributed by atoms with Crippen molar-refractivity contribution < 1.29 is 0 Å². The highest BCUT2D eigenvalue weighted by Gasteiger charge is 2.08. The predicted molar refractivity (Wildman–Crippen MR) is 83.8 cm³/mol. The van der Waals surface area contributed by atoms with E-state index >= 15 is 0 Å². The van der Waals surface area contributed by atoms with E-state index in [2.05, 4.69) is 69.3 Å². The lowest BCUT2D eigenvalue weighted by Gasteiger charge is -2.15. The SMILES string of the molecule is CCc1ccc(C(C)Cc2ccccc2CC)cc1. The fraction of sp³-hybridized carbons (Fsp3) is 0.368. The van der Waals surface area contributed by atoms with Crippen LogP contribution < -0.4 is 0 Å². The van der Waals surface area contributed by atoms with Gasteiger partial charge in [0.05, 0.1) is 0 Å². The van der Waals surface area contributed by atoms with Crippen LogP contribution >= 0.6 is 0 Å². The van der Waals surface area contributed by atoms with Gasteiger partial charge in [-0.2, -0.15) is 0 Å². The van der Waals surface area contributed by atoms with Crippen LogP contribution in [0.15, 0.2) is 48.5 Å². The lowest BCUT2D eigenvalue weighted by molar-refractivity contribution is 0.751. The minimum atomic E-state index is 0.582. The quantitative estimate of drug-likeness (QED) is 0.689. The largest absolute Gasteiger partial charge is 0.0620 e. The maximum atomic E-state index is 2.33. The fourth-order valence-electron chi connectivity index (χ4n) is 2.63. The molecule has 0 saturated heterocycles. The Balaban J connectivity index is 2.13. The van der Waals surface area contributed by atoms with E-state index in [0.717, 1.165) is 19.3 Å². The highest BCUT2D eigenvalue weighted by atomic mass is 14.1.